The number of hydrogen-bond acceptors (Lipinski definition) is 4. The van der Waals surface area contributed by atoms with Crippen molar-refractivity contribution in [3.05, 3.63) is 94.9 Å². The minimum Gasteiger partial charge on any atom is -0.508 e. The summed E-state index contributed by atoms with van der Waals surface area (Å²) < 4.78 is 14.3. The monoisotopic (exact) mass is 456 g/mol. The lowest BCUT2D eigenvalue weighted by atomic mass is 10.0. The van der Waals surface area contributed by atoms with Crippen LogP contribution in [-0.2, 0) is 6.54 Å². The number of nitrogens with one attached hydrogen (secondary N) is 2. The average Bonchev–Trinajstić information content (AvgIpc) is 3.43. The summed E-state index contributed by atoms with van der Waals surface area (Å²) in [5.41, 5.74) is 4.63. The Bertz CT molecular complexity index is 1360. The molecule has 3 N–H and O–H groups in total. The summed E-state index contributed by atoms with van der Waals surface area (Å²) in [7, 11) is 0. The van der Waals surface area contributed by atoms with E-state index in [4.69, 9.17) is 0 Å². The van der Waals surface area contributed by atoms with Crippen molar-refractivity contribution in [1.82, 2.24) is 15.2 Å². The van der Waals surface area contributed by atoms with Gasteiger partial charge in [-0.25, -0.2) is 4.39 Å². The van der Waals surface area contributed by atoms with E-state index in [0.717, 1.165) is 54.0 Å². The maximum Gasteiger partial charge on any atom is 0.255 e. The van der Waals surface area contributed by atoms with Gasteiger partial charge in [-0.05, 0) is 53.4 Å². The summed E-state index contributed by atoms with van der Waals surface area (Å²) in [5, 5.41) is 15.0. The van der Waals surface area contributed by atoms with Crippen LogP contribution >= 0.6 is 0 Å². The van der Waals surface area contributed by atoms with E-state index in [1.807, 2.05) is 42.5 Å². The van der Waals surface area contributed by atoms with Crippen LogP contribution in [0.3, 0.4) is 0 Å². The van der Waals surface area contributed by atoms with Gasteiger partial charge in [0.15, 0.2) is 0 Å². The number of aromatic nitrogens is 1. The number of anilines is 1. The van der Waals surface area contributed by atoms with Crippen LogP contribution in [0.4, 0.5) is 10.1 Å². The van der Waals surface area contributed by atoms with E-state index in [0.29, 0.717) is 17.7 Å². The van der Waals surface area contributed by atoms with Gasteiger partial charge >= 0.3 is 0 Å². The van der Waals surface area contributed by atoms with E-state index >= 15 is 0 Å². The summed E-state index contributed by atoms with van der Waals surface area (Å²) in [6, 6.07) is 19.1. The van der Waals surface area contributed by atoms with Crippen molar-refractivity contribution in [1.29, 1.82) is 0 Å². The molecule has 172 valence electrons. The van der Waals surface area contributed by atoms with E-state index in [-0.39, 0.29) is 11.7 Å². The lowest BCUT2D eigenvalue weighted by Gasteiger charge is -2.29. The molecular formula is C27H25FN4O2. The summed E-state index contributed by atoms with van der Waals surface area (Å²) in [6.07, 6.45) is 0. The number of benzene rings is 3. The minimum atomic E-state index is -0.661. The lowest BCUT2D eigenvalue weighted by molar-refractivity contribution is 0.0726. The number of rotatable bonds is 4. The Morgan fingerprint density at radius 3 is 2.62 bits per heavy atom. The predicted molar refractivity (Wildman–Crippen MR) is 130 cm³/mol. The van der Waals surface area contributed by atoms with Gasteiger partial charge in [-0.1, -0.05) is 24.3 Å². The third kappa shape index (κ3) is 3.49. The second kappa shape index (κ2) is 8.18. The molecule has 1 saturated heterocycles. The zero-order chi connectivity index (χ0) is 23.2. The van der Waals surface area contributed by atoms with Gasteiger partial charge in [-0.2, -0.15) is 0 Å². The van der Waals surface area contributed by atoms with Gasteiger partial charge in [0.25, 0.3) is 5.91 Å². The van der Waals surface area contributed by atoms with Gasteiger partial charge < -0.3 is 25.2 Å². The predicted octanol–water partition coefficient (Wildman–Crippen LogP) is 4.17. The standard InChI is InChI=1S/C27H25FN4O2/c28-19-6-8-25(33)22(14-19)26(24-13-17-3-1-2-4-23(17)30-24)32-16-18-5-7-20(15-21(18)27(32)34)31-11-9-29-10-12-31/h1-8,13-15,26,29-30,33H,9-12,16H2. The molecular weight excluding hydrogens is 431 g/mol. The van der Waals surface area contributed by atoms with Crippen LogP contribution in [0.15, 0.2) is 66.7 Å². The fourth-order valence-electron chi connectivity index (χ4n) is 5.13. The Kier molecular flexibility index (Phi) is 4.99. The quantitative estimate of drug-likeness (QED) is 0.431. The van der Waals surface area contributed by atoms with Crippen LogP contribution in [0.5, 0.6) is 5.75 Å². The first-order chi connectivity index (χ1) is 16.6. The number of aromatic amines is 1. The van der Waals surface area contributed by atoms with Crippen LogP contribution in [0.1, 0.15) is 33.2 Å². The number of H-pyrrole nitrogens is 1. The van der Waals surface area contributed by atoms with Gasteiger partial charge in [0.1, 0.15) is 17.6 Å². The molecule has 0 saturated carbocycles. The number of hydrogen-bond donors (Lipinski definition) is 3. The molecule has 1 atom stereocenters. The van der Waals surface area contributed by atoms with Gasteiger partial charge in [-0.3, -0.25) is 4.79 Å². The molecule has 0 radical (unpaired) electrons. The number of carbonyl (C=O) groups is 1. The minimum absolute atomic E-state index is 0.0460. The summed E-state index contributed by atoms with van der Waals surface area (Å²) in [6.45, 7) is 4.00. The first kappa shape index (κ1) is 20.7. The number of piperazine rings is 1. The van der Waals surface area contributed by atoms with E-state index < -0.39 is 11.9 Å². The Morgan fingerprint density at radius 2 is 1.79 bits per heavy atom. The highest BCUT2D eigenvalue weighted by Crippen LogP contribution is 2.40. The Balaban J connectivity index is 1.43. The van der Waals surface area contributed by atoms with Crippen LogP contribution < -0.4 is 10.2 Å². The van der Waals surface area contributed by atoms with Gasteiger partial charge in [0.2, 0.25) is 0 Å². The summed E-state index contributed by atoms with van der Waals surface area (Å²) in [5.74, 6) is -0.631. The molecule has 2 aliphatic rings. The molecule has 1 unspecified atom stereocenters. The molecule has 0 spiro atoms. The van der Waals surface area contributed by atoms with Gasteiger partial charge in [0.05, 0.1) is 0 Å². The van der Waals surface area contributed by atoms with Crippen molar-refractivity contribution >= 4 is 22.5 Å². The molecule has 7 heteroatoms. The van der Waals surface area contributed by atoms with Crippen molar-refractivity contribution in [2.75, 3.05) is 31.1 Å². The summed E-state index contributed by atoms with van der Waals surface area (Å²) in [4.78, 5) is 21.1. The third-order valence-electron chi connectivity index (χ3n) is 6.85. The van der Waals surface area contributed by atoms with E-state index in [9.17, 15) is 14.3 Å². The maximum atomic E-state index is 14.3. The fraction of sp³-hybridized carbons (Fsp3) is 0.222. The highest BCUT2D eigenvalue weighted by atomic mass is 19.1. The molecule has 2 aliphatic heterocycles. The largest absolute Gasteiger partial charge is 0.508 e. The molecule has 4 aromatic rings. The van der Waals surface area contributed by atoms with E-state index in [1.165, 1.54) is 18.2 Å². The Labute approximate surface area is 196 Å². The highest BCUT2D eigenvalue weighted by Gasteiger charge is 2.37. The number of phenolic OH excluding ortho intramolecular Hbond substituents is 1. The Hall–Kier alpha value is -3.84. The molecule has 1 fully saturated rings. The van der Waals surface area contributed by atoms with Crippen LogP contribution in [-0.4, -0.2) is 47.1 Å². The molecule has 3 heterocycles. The van der Waals surface area contributed by atoms with Crippen molar-refractivity contribution in [2.45, 2.75) is 12.6 Å². The zero-order valence-electron chi connectivity index (χ0n) is 18.6. The molecule has 1 amide bonds. The number of fused-ring (bicyclic) bond motifs is 2. The van der Waals surface area contributed by atoms with Crippen LogP contribution in [0, 0.1) is 5.82 Å². The first-order valence-corrected chi connectivity index (χ1v) is 11.5. The van der Waals surface area contributed by atoms with Crippen molar-refractivity contribution in [2.24, 2.45) is 0 Å². The lowest BCUT2D eigenvalue weighted by Crippen LogP contribution is -2.43. The smallest absolute Gasteiger partial charge is 0.255 e. The molecule has 0 bridgehead atoms. The second-order valence-electron chi connectivity index (χ2n) is 8.93. The van der Waals surface area contributed by atoms with Crippen molar-refractivity contribution in [3.63, 3.8) is 0 Å². The molecule has 6 nitrogen and oxygen atoms in total. The molecule has 0 aliphatic carbocycles. The van der Waals surface area contributed by atoms with E-state index in [2.05, 4.69) is 21.3 Å². The van der Waals surface area contributed by atoms with Crippen LogP contribution in [0.25, 0.3) is 10.9 Å². The number of carbonyl (C=O) groups excluding carboxylic acids is 1. The van der Waals surface area contributed by atoms with Gasteiger partial charge in [0, 0.05) is 60.7 Å². The maximum absolute atomic E-state index is 14.3. The fourth-order valence-corrected chi connectivity index (χ4v) is 5.13. The highest BCUT2D eigenvalue weighted by molar-refractivity contribution is 6.00. The number of amides is 1. The van der Waals surface area contributed by atoms with Crippen LogP contribution in [0.2, 0.25) is 0 Å². The number of phenols is 1. The first-order valence-electron chi connectivity index (χ1n) is 11.5. The topological polar surface area (TPSA) is 71.6 Å². The zero-order valence-corrected chi connectivity index (χ0v) is 18.6. The number of nitrogens with zero attached hydrogens (tertiary/aromatic N) is 2. The third-order valence-corrected chi connectivity index (χ3v) is 6.85. The van der Waals surface area contributed by atoms with Gasteiger partial charge in [-0.15, -0.1) is 0 Å². The number of aromatic hydroxyl groups is 1. The molecule has 6 rings (SSSR count). The number of para-hydroxylation sites is 1. The Morgan fingerprint density at radius 1 is 0.971 bits per heavy atom. The molecule has 34 heavy (non-hydrogen) atoms. The molecule has 1 aromatic heterocycles. The number of halogens is 1. The normalized spacial score (nSPS) is 16.8. The van der Waals surface area contributed by atoms with E-state index in [1.54, 1.807) is 4.90 Å². The second-order valence-corrected chi connectivity index (χ2v) is 8.93. The average molecular weight is 457 g/mol. The molecule has 3 aromatic carbocycles. The SMILES string of the molecule is O=C1c2cc(N3CCNCC3)ccc2CN1C(c1cc2ccccc2[nH]1)c1cc(F)ccc1O. The summed E-state index contributed by atoms with van der Waals surface area (Å²) >= 11 is 0. The van der Waals surface area contributed by atoms with Crippen molar-refractivity contribution in [3.8, 4) is 5.75 Å². The van der Waals surface area contributed by atoms with Crippen molar-refractivity contribution < 1.29 is 14.3 Å².